The second-order valence-corrected chi connectivity index (χ2v) is 7.66. The van der Waals surface area contributed by atoms with E-state index in [4.69, 9.17) is 34.8 Å². The first-order valence-corrected chi connectivity index (χ1v) is 8.97. The third-order valence-corrected chi connectivity index (χ3v) is 4.25. The number of rotatable bonds is 6. The van der Waals surface area contributed by atoms with Crippen LogP contribution in [0.1, 0.15) is 5.56 Å². The first-order valence-electron chi connectivity index (χ1n) is 5.67. The molecule has 0 saturated carbocycles. The average Bonchev–Trinajstić information content (AvgIpc) is 2.37. The maximum atomic E-state index is 11.8. The van der Waals surface area contributed by atoms with E-state index in [9.17, 15) is 13.2 Å². The number of nitrogens with zero attached hydrogens (tertiary/aromatic N) is 1. The van der Waals surface area contributed by atoms with Gasteiger partial charge in [-0.25, -0.2) is 8.42 Å². The molecule has 0 aliphatic carbocycles. The predicted molar refractivity (Wildman–Crippen MR) is 81.2 cm³/mol. The minimum atomic E-state index is -3.23. The molecular formula is C12H14Cl3NO3S. The zero-order valence-electron chi connectivity index (χ0n) is 10.7. The summed E-state index contributed by atoms with van der Waals surface area (Å²) in [5, 5.41) is 0. The molecule has 112 valence electrons. The normalized spacial score (nSPS) is 11.7. The zero-order chi connectivity index (χ0) is 15.3. The molecule has 4 nitrogen and oxygen atoms in total. The van der Waals surface area contributed by atoms with Crippen molar-refractivity contribution in [3.05, 3.63) is 29.8 Å². The van der Waals surface area contributed by atoms with Crippen LogP contribution in [-0.2, 0) is 21.2 Å². The van der Waals surface area contributed by atoms with Crippen LogP contribution in [0.15, 0.2) is 29.2 Å². The highest BCUT2D eigenvalue weighted by molar-refractivity contribution is 7.90. The summed E-state index contributed by atoms with van der Waals surface area (Å²) in [6, 6.07) is 6.27. The molecule has 0 aliphatic heterocycles. The summed E-state index contributed by atoms with van der Waals surface area (Å²) in [5.41, 5.74) is 0.768. The Morgan fingerprint density at radius 3 is 2.20 bits per heavy atom. The molecule has 1 aromatic rings. The van der Waals surface area contributed by atoms with Crippen LogP contribution in [0, 0.1) is 0 Å². The Labute approximate surface area is 133 Å². The van der Waals surface area contributed by atoms with E-state index in [1.54, 1.807) is 12.1 Å². The van der Waals surface area contributed by atoms with Gasteiger partial charge in [0.1, 0.15) is 0 Å². The number of amides is 1. The highest BCUT2D eigenvalue weighted by atomic mass is 35.5. The molecule has 0 aliphatic rings. The van der Waals surface area contributed by atoms with Crippen molar-refractivity contribution in [2.45, 2.75) is 16.3 Å². The highest BCUT2D eigenvalue weighted by Gasteiger charge is 2.20. The van der Waals surface area contributed by atoms with Crippen LogP contribution in [0.4, 0.5) is 0 Å². The molecule has 0 atom stereocenters. The molecule has 8 heteroatoms. The molecular weight excluding hydrogens is 345 g/mol. The van der Waals surface area contributed by atoms with Crippen molar-refractivity contribution < 1.29 is 13.2 Å². The van der Waals surface area contributed by atoms with Crippen LogP contribution >= 0.6 is 34.8 Å². The van der Waals surface area contributed by atoms with Gasteiger partial charge in [-0.2, -0.15) is 0 Å². The third kappa shape index (κ3) is 5.13. The van der Waals surface area contributed by atoms with E-state index < -0.39 is 20.6 Å². The van der Waals surface area contributed by atoms with Crippen LogP contribution in [0.3, 0.4) is 0 Å². The number of hydrogen-bond donors (Lipinski definition) is 0. The summed E-state index contributed by atoms with van der Waals surface area (Å²) in [6.45, 7) is 0.579. The van der Waals surface area contributed by atoms with Crippen LogP contribution < -0.4 is 0 Å². The molecule has 0 radical (unpaired) electrons. The maximum absolute atomic E-state index is 11.8. The van der Waals surface area contributed by atoms with E-state index >= 15 is 0 Å². The number of carbonyl (C=O) groups is 1. The van der Waals surface area contributed by atoms with Crippen molar-refractivity contribution in [1.29, 1.82) is 0 Å². The first-order chi connectivity index (χ1) is 9.25. The Bertz CT molecular complexity index is 558. The Hall–Kier alpha value is -0.490. The zero-order valence-corrected chi connectivity index (χ0v) is 13.8. The van der Waals surface area contributed by atoms with Gasteiger partial charge in [0.15, 0.2) is 14.7 Å². The van der Waals surface area contributed by atoms with Crippen molar-refractivity contribution in [3.8, 4) is 0 Å². The van der Waals surface area contributed by atoms with E-state index in [0.717, 1.165) is 11.8 Å². The highest BCUT2D eigenvalue weighted by Crippen LogP contribution is 2.14. The van der Waals surface area contributed by atoms with Gasteiger partial charge in [-0.1, -0.05) is 35.3 Å². The summed E-state index contributed by atoms with van der Waals surface area (Å²) in [4.78, 5) is 12.3. The van der Waals surface area contributed by atoms with Crippen LogP contribution in [-0.4, -0.2) is 42.7 Å². The smallest absolute Gasteiger partial charge is 0.256 e. The maximum Gasteiger partial charge on any atom is 0.256 e. The topological polar surface area (TPSA) is 54.5 Å². The quantitative estimate of drug-likeness (QED) is 0.734. The predicted octanol–water partition coefficient (Wildman–Crippen LogP) is 2.46. The molecule has 0 saturated heterocycles. The largest absolute Gasteiger partial charge is 0.335 e. The summed E-state index contributed by atoms with van der Waals surface area (Å²) >= 11 is 16.8. The van der Waals surface area contributed by atoms with Crippen molar-refractivity contribution in [1.82, 2.24) is 4.90 Å². The molecule has 0 N–H and O–H groups in total. The molecule has 0 aromatic heterocycles. The molecule has 0 heterocycles. The second-order valence-electron chi connectivity index (χ2n) is 4.17. The van der Waals surface area contributed by atoms with Gasteiger partial charge >= 0.3 is 0 Å². The fraction of sp³-hybridized carbons (Fsp3) is 0.417. The van der Waals surface area contributed by atoms with E-state index in [2.05, 4.69) is 0 Å². The second kappa shape index (κ2) is 7.50. The van der Waals surface area contributed by atoms with Gasteiger partial charge in [-0.15, -0.1) is 11.6 Å². The Balaban J connectivity index is 2.87. The number of halogens is 3. The minimum absolute atomic E-state index is 0.226. The SMILES string of the molecule is CS(=O)(=O)c1ccc(CN(CCCl)C(=O)C(Cl)Cl)cc1. The van der Waals surface area contributed by atoms with Crippen molar-refractivity contribution >= 4 is 50.5 Å². The van der Waals surface area contributed by atoms with Crippen molar-refractivity contribution in [2.75, 3.05) is 18.7 Å². The molecule has 1 amide bonds. The summed E-state index contributed by atoms with van der Waals surface area (Å²) < 4.78 is 22.7. The lowest BCUT2D eigenvalue weighted by Gasteiger charge is -2.22. The van der Waals surface area contributed by atoms with Crippen molar-refractivity contribution in [2.24, 2.45) is 0 Å². The molecule has 0 unspecified atom stereocenters. The van der Waals surface area contributed by atoms with Gasteiger partial charge < -0.3 is 4.90 Å². The monoisotopic (exact) mass is 357 g/mol. The molecule has 20 heavy (non-hydrogen) atoms. The Kier molecular flexibility index (Phi) is 6.58. The number of alkyl halides is 3. The minimum Gasteiger partial charge on any atom is -0.335 e. The first kappa shape index (κ1) is 17.6. The van der Waals surface area contributed by atoms with Gasteiger partial charge in [0, 0.05) is 25.2 Å². The summed E-state index contributed by atoms with van der Waals surface area (Å²) in [7, 11) is -3.23. The third-order valence-electron chi connectivity index (χ3n) is 2.58. The molecule has 1 rings (SSSR count). The molecule has 0 spiro atoms. The van der Waals surface area contributed by atoms with Crippen molar-refractivity contribution in [3.63, 3.8) is 0 Å². The van der Waals surface area contributed by atoms with Gasteiger partial charge in [-0.05, 0) is 17.7 Å². The number of hydrogen-bond acceptors (Lipinski definition) is 3. The van der Waals surface area contributed by atoms with E-state index in [-0.39, 0.29) is 17.3 Å². The standard InChI is InChI=1S/C12H14Cl3NO3S/c1-20(18,19)10-4-2-9(3-5-10)8-16(7-6-13)12(17)11(14)15/h2-5,11H,6-8H2,1H3. The average molecular weight is 359 g/mol. The van der Waals surface area contributed by atoms with E-state index in [1.807, 2.05) is 0 Å². The summed E-state index contributed by atoms with van der Waals surface area (Å²) in [5.74, 6) is -0.172. The van der Waals surface area contributed by atoms with Crippen LogP contribution in [0.2, 0.25) is 0 Å². The lowest BCUT2D eigenvalue weighted by molar-refractivity contribution is -0.129. The van der Waals surface area contributed by atoms with Gasteiger partial charge in [0.05, 0.1) is 4.90 Å². The fourth-order valence-electron chi connectivity index (χ4n) is 1.57. The number of benzene rings is 1. The van der Waals surface area contributed by atoms with Crippen LogP contribution in [0.25, 0.3) is 0 Å². The van der Waals surface area contributed by atoms with E-state index in [0.29, 0.717) is 6.54 Å². The fourth-order valence-corrected chi connectivity index (χ4v) is 2.68. The lowest BCUT2D eigenvalue weighted by atomic mass is 10.2. The Morgan fingerprint density at radius 1 is 1.25 bits per heavy atom. The molecule has 0 fully saturated rings. The molecule has 0 bridgehead atoms. The van der Waals surface area contributed by atoms with Gasteiger partial charge in [0.25, 0.3) is 5.91 Å². The van der Waals surface area contributed by atoms with Gasteiger partial charge in [0.2, 0.25) is 0 Å². The Morgan fingerprint density at radius 2 is 1.80 bits per heavy atom. The molecule has 1 aromatic carbocycles. The lowest BCUT2D eigenvalue weighted by Crippen LogP contribution is -2.35. The number of carbonyl (C=O) groups excluding carboxylic acids is 1. The number of sulfone groups is 1. The van der Waals surface area contributed by atoms with E-state index in [1.165, 1.54) is 17.0 Å². The summed E-state index contributed by atoms with van der Waals surface area (Å²) in [6.07, 6.45) is 1.14. The van der Waals surface area contributed by atoms with Gasteiger partial charge in [-0.3, -0.25) is 4.79 Å². The van der Waals surface area contributed by atoms with Crippen LogP contribution in [0.5, 0.6) is 0 Å².